The molecular formula is C32H44N8O3. The summed E-state index contributed by atoms with van der Waals surface area (Å²) in [6, 6.07) is 5.59. The molecular weight excluding hydrogens is 544 g/mol. The third kappa shape index (κ3) is 6.86. The number of ether oxygens (including phenoxy) is 1. The van der Waals surface area contributed by atoms with Crippen molar-refractivity contribution < 1.29 is 9.53 Å². The lowest BCUT2D eigenvalue weighted by molar-refractivity contribution is 0.0134. The summed E-state index contributed by atoms with van der Waals surface area (Å²) in [4.78, 5) is 33.1. The summed E-state index contributed by atoms with van der Waals surface area (Å²) >= 11 is 0. The van der Waals surface area contributed by atoms with E-state index in [1.54, 1.807) is 27.7 Å². The second-order valence-electron chi connectivity index (χ2n) is 13.3. The maximum atomic E-state index is 13.4. The van der Waals surface area contributed by atoms with Crippen LogP contribution >= 0.6 is 0 Å². The number of aromatic nitrogens is 5. The maximum absolute atomic E-state index is 13.4. The molecule has 0 bridgehead atoms. The van der Waals surface area contributed by atoms with Gasteiger partial charge in [0.25, 0.3) is 5.56 Å². The van der Waals surface area contributed by atoms with E-state index in [4.69, 9.17) is 4.74 Å². The average Bonchev–Trinajstić information content (AvgIpc) is 3.41. The molecule has 3 aliphatic rings. The molecule has 1 amide bonds. The minimum atomic E-state index is -0.532. The summed E-state index contributed by atoms with van der Waals surface area (Å²) in [5.41, 5.74) is 2.25. The molecule has 11 heteroatoms. The lowest BCUT2D eigenvalue weighted by Gasteiger charge is -2.40. The van der Waals surface area contributed by atoms with Crippen molar-refractivity contribution in [3.63, 3.8) is 0 Å². The number of anilines is 2. The molecule has 2 atom stereocenters. The van der Waals surface area contributed by atoms with E-state index in [2.05, 4.69) is 25.1 Å². The predicted molar refractivity (Wildman–Crippen MR) is 166 cm³/mol. The van der Waals surface area contributed by atoms with E-state index in [9.17, 15) is 9.59 Å². The van der Waals surface area contributed by atoms with Crippen LogP contribution in [0.2, 0.25) is 0 Å². The Morgan fingerprint density at radius 2 is 1.81 bits per heavy atom. The molecule has 1 unspecified atom stereocenters. The molecule has 0 aromatic carbocycles. The lowest BCUT2D eigenvalue weighted by Crippen LogP contribution is -2.52. The molecule has 5 heterocycles. The summed E-state index contributed by atoms with van der Waals surface area (Å²) < 4.78 is 9.24. The summed E-state index contributed by atoms with van der Waals surface area (Å²) in [5.74, 6) is 1.23. The van der Waals surface area contributed by atoms with Gasteiger partial charge in [0.2, 0.25) is 0 Å². The van der Waals surface area contributed by atoms with Gasteiger partial charge in [-0.3, -0.25) is 4.79 Å². The van der Waals surface area contributed by atoms with Crippen molar-refractivity contribution in [3.8, 4) is 5.82 Å². The van der Waals surface area contributed by atoms with Gasteiger partial charge < -0.3 is 24.0 Å². The Morgan fingerprint density at radius 3 is 2.53 bits per heavy atom. The van der Waals surface area contributed by atoms with Crippen LogP contribution in [0, 0.1) is 5.92 Å². The van der Waals surface area contributed by atoms with Crippen molar-refractivity contribution in [1.29, 1.82) is 0 Å². The van der Waals surface area contributed by atoms with Gasteiger partial charge in [0.05, 0.1) is 30.2 Å². The fraction of sp³-hybridized carbons (Fsp3) is 0.594. The molecule has 0 spiro atoms. The van der Waals surface area contributed by atoms with E-state index in [0.717, 1.165) is 56.0 Å². The number of carbonyl (C=O) groups is 1. The minimum Gasteiger partial charge on any atom is -0.444 e. The molecule has 3 aromatic rings. The summed E-state index contributed by atoms with van der Waals surface area (Å²) in [6.07, 6.45) is 13.8. The quantitative estimate of drug-likeness (QED) is 0.375. The SMILES string of the molecule is CC(c1cnn(-c2cc(N3CCCC3)cnn2)c1)n1ccc(N2CCC[C@@H](N(CC3CC3)C(=O)OC(C)(C)C)C2)cc1=O. The third-order valence-corrected chi connectivity index (χ3v) is 8.75. The third-order valence-electron chi connectivity index (χ3n) is 8.75. The van der Waals surface area contributed by atoms with Crippen LogP contribution in [0.5, 0.6) is 0 Å². The standard InChI is InChI=1S/C32H44N8O3/c1-23(25-18-34-40(21-25)29-16-28(19-33-35-29)36-12-5-6-13-36)38-15-11-26(17-30(38)41)37-14-7-8-27(22-37)39(20-24-9-10-24)31(42)43-32(2,3)4/h11,15-19,21,23-24,27H,5-10,12-14,20,22H2,1-4H3/t23?,27-/m1/s1. The Labute approximate surface area is 253 Å². The first-order valence-corrected chi connectivity index (χ1v) is 15.7. The summed E-state index contributed by atoms with van der Waals surface area (Å²) in [5, 5.41) is 13.0. The second kappa shape index (κ2) is 12.0. The van der Waals surface area contributed by atoms with Crippen molar-refractivity contribution in [2.45, 2.75) is 83.9 Å². The minimum absolute atomic E-state index is 0.0588. The van der Waals surface area contributed by atoms with Crippen molar-refractivity contribution in [3.05, 3.63) is 58.9 Å². The van der Waals surface area contributed by atoms with E-state index in [-0.39, 0.29) is 23.7 Å². The highest BCUT2D eigenvalue weighted by atomic mass is 16.6. The molecule has 43 heavy (non-hydrogen) atoms. The van der Waals surface area contributed by atoms with E-state index < -0.39 is 5.60 Å². The Morgan fingerprint density at radius 1 is 1.05 bits per heavy atom. The number of hydrogen-bond donors (Lipinski definition) is 0. The zero-order chi connectivity index (χ0) is 30.1. The molecule has 2 aliphatic heterocycles. The molecule has 1 saturated carbocycles. The molecule has 0 N–H and O–H groups in total. The molecule has 3 fully saturated rings. The highest BCUT2D eigenvalue weighted by molar-refractivity contribution is 5.69. The fourth-order valence-electron chi connectivity index (χ4n) is 6.16. The topological polar surface area (TPSA) is 102 Å². The number of pyridine rings is 1. The number of rotatable bonds is 8. The normalized spacial score (nSPS) is 19.9. The van der Waals surface area contributed by atoms with Gasteiger partial charge in [-0.25, -0.2) is 9.48 Å². The monoisotopic (exact) mass is 588 g/mol. The largest absolute Gasteiger partial charge is 0.444 e. The van der Waals surface area contributed by atoms with Gasteiger partial charge in [-0.2, -0.15) is 10.2 Å². The zero-order valence-corrected chi connectivity index (χ0v) is 25.9. The van der Waals surface area contributed by atoms with Crippen molar-refractivity contribution in [1.82, 2.24) is 29.4 Å². The van der Waals surface area contributed by atoms with Crippen LogP contribution in [-0.2, 0) is 4.74 Å². The van der Waals surface area contributed by atoms with Crippen LogP contribution in [-0.4, -0.2) is 79.9 Å². The number of hydrogen-bond acceptors (Lipinski definition) is 8. The Hall–Kier alpha value is -3.89. The highest BCUT2D eigenvalue weighted by Crippen LogP contribution is 2.33. The fourth-order valence-corrected chi connectivity index (χ4v) is 6.16. The molecule has 1 aliphatic carbocycles. The van der Waals surface area contributed by atoms with Crippen LogP contribution in [0.15, 0.2) is 47.8 Å². The van der Waals surface area contributed by atoms with E-state index in [0.29, 0.717) is 18.3 Å². The van der Waals surface area contributed by atoms with Gasteiger partial charge in [0.1, 0.15) is 5.60 Å². The molecule has 0 radical (unpaired) electrons. The van der Waals surface area contributed by atoms with Crippen molar-refractivity contribution in [2.75, 3.05) is 42.5 Å². The lowest BCUT2D eigenvalue weighted by atomic mass is 10.0. The number of carbonyl (C=O) groups excluding carboxylic acids is 1. The van der Waals surface area contributed by atoms with Crippen LogP contribution in [0.1, 0.15) is 77.8 Å². The summed E-state index contributed by atoms with van der Waals surface area (Å²) in [6.45, 7) is 12.1. The van der Waals surface area contributed by atoms with Gasteiger partial charge in [-0.15, -0.1) is 5.10 Å². The second-order valence-corrected chi connectivity index (χ2v) is 13.3. The Kier molecular flexibility index (Phi) is 8.15. The Balaban J connectivity index is 1.15. The van der Waals surface area contributed by atoms with Gasteiger partial charge in [0, 0.05) is 68.5 Å². The molecule has 11 nitrogen and oxygen atoms in total. The molecule has 230 valence electrons. The van der Waals surface area contributed by atoms with E-state index in [1.807, 2.05) is 57.1 Å². The highest BCUT2D eigenvalue weighted by Gasteiger charge is 2.36. The van der Waals surface area contributed by atoms with Gasteiger partial charge in [-0.05, 0) is 78.2 Å². The van der Waals surface area contributed by atoms with Gasteiger partial charge in [-0.1, -0.05) is 0 Å². The number of amides is 1. The predicted octanol–water partition coefficient (Wildman–Crippen LogP) is 4.65. The molecule has 3 aromatic heterocycles. The Bertz CT molecular complexity index is 1480. The van der Waals surface area contributed by atoms with E-state index in [1.165, 1.54) is 25.7 Å². The van der Waals surface area contributed by atoms with Crippen LogP contribution in [0.25, 0.3) is 5.82 Å². The maximum Gasteiger partial charge on any atom is 0.410 e. The van der Waals surface area contributed by atoms with Crippen LogP contribution in [0.4, 0.5) is 16.2 Å². The van der Waals surface area contributed by atoms with Crippen LogP contribution in [0.3, 0.4) is 0 Å². The van der Waals surface area contributed by atoms with E-state index >= 15 is 0 Å². The smallest absolute Gasteiger partial charge is 0.410 e. The molecule has 2 saturated heterocycles. The number of nitrogens with zero attached hydrogens (tertiary/aromatic N) is 8. The first-order valence-electron chi connectivity index (χ1n) is 15.7. The molecule has 6 rings (SSSR count). The van der Waals surface area contributed by atoms with Crippen molar-refractivity contribution in [2.24, 2.45) is 5.92 Å². The first kappa shape index (κ1) is 29.2. The summed E-state index contributed by atoms with van der Waals surface area (Å²) in [7, 11) is 0. The van der Waals surface area contributed by atoms with Gasteiger partial charge in [0.15, 0.2) is 5.82 Å². The van der Waals surface area contributed by atoms with Crippen LogP contribution < -0.4 is 15.4 Å². The van der Waals surface area contributed by atoms with Crippen molar-refractivity contribution >= 4 is 17.5 Å². The van der Waals surface area contributed by atoms with Gasteiger partial charge >= 0.3 is 6.09 Å². The average molecular weight is 589 g/mol. The first-order chi connectivity index (χ1) is 20.6. The zero-order valence-electron chi connectivity index (χ0n) is 25.9. The number of piperidine rings is 1.